The summed E-state index contributed by atoms with van der Waals surface area (Å²) in [6.45, 7) is 0.718. The van der Waals surface area contributed by atoms with Gasteiger partial charge in [-0.15, -0.1) is 11.8 Å². The van der Waals surface area contributed by atoms with Crippen molar-refractivity contribution in [2.24, 2.45) is 0 Å². The third kappa shape index (κ3) is 3.35. The number of amides is 1. The van der Waals surface area contributed by atoms with E-state index in [0.29, 0.717) is 5.56 Å². The van der Waals surface area contributed by atoms with Gasteiger partial charge >= 0.3 is 0 Å². The van der Waals surface area contributed by atoms with Gasteiger partial charge in [0, 0.05) is 29.5 Å². The fraction of sp³-hybridized carbons (Fsp3) is 0.227. The number of nitrogens with zero attached hydrogens (tertiary/aromatic N) is 1. The molecule has 1 heterocycles. The summed E-state index contributed by atoms with van der Waals surface area (Å²) in [5.74, 6) is 2.43. The Balaban J connectivity index is 1.67. The minimum Gasteiger partial charge on any atom is -0.497 e. The highest BCUT2D eigenvalue weighted by molar-refractivity contribution is 7.99. The smallest absolute Gasteiger partial charge is 0.255 e. The molecule has 4 rings (SSSR count). The highest BCUT2D eigenvalue weighted by Crippen LogP contribution is 2.43. The van der Waals surface area contributed by atoms with Crippen LogP contribution in [0.1, 0.15) is 21.3 Å². The molecular formula is C22H21NO3S. The Labute approximate surface area is 163 Å². The predicted molar refractivity (Wildman–Crippen MR) is 110 cm³/mol. The van der Waals surface area contributed by atoms with Gasteiger partial charge in [-0.05, 0) is 35.0 Å². The van der Waals surface area contributed by atoms with Crippen LogP contribution < -0.4 is 9.47 Å². The maximum absolute atomic E-state index is 13.2. The third-order valence-corrected chi connectivity index (χ3v) is 6.10. The first-order chi connectivity index (χ1) is 13.2. The summed E-state index contributed by atoms with van der Waals surface area (Å²) >= 11 is 1.76. The lowest BCUT2D eigenvalue weighted by Gasteiger charge is -2.26. The van der Waals surface area contributed by atoms with Crippen molar-refractivity contribution in [2.45, 2.75) is 5.37 Å². The molecule has 0 aromatic heterocycles. The molecule has 4 nitrogen and oxygen atoms in total. The van der Waals surface area contributed by atoms with Crippen LogP contribution in [-0.2, 0) is 0 Å². The molecule has 27 heavy (non-hydrogen) atoms. The van der Waals surface area contributed by atoms with Crippen molar-refractivity contribution in [3.05, 3.63) is 71.8 Å². The van der Waals surface area contributed by atoms with Crippen LogP contribution in [-0.4, -0.2) is 37.3 Å². The molecule has 5 heteroatoms. The molecule has 1 aliphatic heterocycles. The Morgan fingerprint density at radius 2 is 1.81 bits per heavy atom. The van der Waals surface area contributed by atoms with E-state index in [1.165, 1.54) is 0 Å². The zero-order valence-electron chi connectivity index (χ0n) is 15.3. The topological polar surface area (TPSA) is 38.8 Å². The summed E-state index contributed by atoms with van der Waals surface area (Å²) in [6.07, 6.45) is 0. The van der Waals surface area contributed by atoms with Gasteiger partial charge in [-0.25, -0.2) is 0 Å². The summed E-state index contributed by atoms with van der Waals surface area (Å²) in [5.41, 5.74) is 1.71. The quantitative estimate of drug-likeness (QED) is 0.656. The maximum atomic E-state index is 13.2. The van der Waals surface area contributed by atoms with Gasteiger partial charge in [0.15, 0.2) is 0 Å². The molecule has 3 aromatic rings. The van der Waals surface area contributed by atoms with Gasteiger partial charge in [0.2, 0.25) is 0 Å². The summed E-state index contributed by atoms with van der Waals surface area (Å²) in [5, 5.41) is 2.15. The van der Waals surface area contributed by atoms with Crippen LogP contribution in [0.4, 0.5) is 0 Å². The first-order valence-corrected chi connectivity index (χ1v) is 9.89. The van der Waals surface area contributed by atoms with Crippen LogP contribution in [0, 0.1) is 0 Å². The molecule has 1 saturated heterocycles. The first kappa shape index (κ1) is 17.7. The summed E-state index contributed by atoms with van der Waals surface area (Å²) < 4.78 is 10.9. The number of fused-ring (bicyclic) bond motifs is 1. The van der Waals surface area contributed by atoms with Crippen molar-refractivity contribution in [1.29, 1.82) is 0 Å². The van der Waals surface area contributed by atoms with Crippen LogP contribution in [0.3, 0.4) is 0 Å². The van der Waals surface area contributed by atoms with Crippen LogP contribution in [0.5, 0.6) is 11.5 Å². The lowest BCUT2D eigenvalue weighted by molar-refractivity contribution is 0.0759. The van der Waals surface area contributed by atoms with E-state index in [0.717, 1.165) is 40.1 Å². The Bertz CT molecular complexity index is 988. The van der Waals surface area contributed by atoms with Gasteiger partial charge in [-0.3, -0.25) is 4.79 Å². The molecule has 0 spiro atoms. The SMILES string of the molecule is COc1ccc(C2SCCN2C(=O)c2ccc3ccccc3c2)c(OC)c1. The fourth-order valence-electron chi connectivity index (χ4n) is 3.45. The summed E-state index contributed by atoms with van der Waals surface area (Å²) in [7, 11) is 3.28. The van der Waals surface area contributed by atoms with Crippen LogP contribution in [0.2, 0.25) is 0 Å². The standard InChI is InChI=1S/C22H21NO3S/c1-25-18-9-10-19(20(14-18)26-2)22-23(11-12-27-22)21(24)17-8-7-15-5-3-4-6-16(15)13-17/h3-10,13-14,22H,11-12H2,1-2H3. The monoisotopic (exact) mass is 379 g/mol. The second-order valence-electron chi connectivity index (χ2n) is 6.39. The number of hydrogen-bond acceptors (Lipinski definition) is 4. The molecule has 1 aliphatic rings. The lowest BCUT2D eigenvalue weighted by Crippen LogP contribution is -2.30. The number of hydrogen-bond donors (Lipinski definition) is 0. The molecule has 1 amide bonds. The number of ether oxygens (including phenoxy) is 2. The van der Waals surface area contributed by atoms with Crippen molar-refractivity contribution < 1.29 is 14.3 Å². The van der Waals surface area contributed by atoms with Gasteiger partial charge in [0.25, 0.3) is 5.91 Å². The zero-order valence-corrected chi connectivity index (χ0v) is 16.2. The van der Waals surface area contributed by atoms with E-state index in [2.05, 4.69) is 6.07 Å². The molecule has 1 unspecified atom stereocenters. The second kappa shape index (κ2) is 7.53. The van der Waals surface area contributed by atoms with Crippen LogP contribution >= 0.6 is 11.8 Å². The molecule has 3 aromatic carbocycles. The second-order valence-corrected chi connectivity index (χ2v) is 7.58. The van der Waals surface area contributed by atoms with Crippen LogP contribution in [0.25, 0.3) is 10.8 Å². The van der Waals surface area contributed by atoms with E-state index in [4.69, 9.17) is 9.47 Å². The lowest BCUT2D eigenvalue weighted by atomic mass is 10.1. The normalized spacial score (nSPS) is 16.5. The number of methoxy groups -OCH3 is 2. The zero-order chi connectivity index (χ0) is 18.8. The molecular weight excluding hydrogens is 358 g/mol. The number of carbonyl (C=O) groups excluding carboxylic acids is 1. The minimum atomic E-state index is -0.0650. The Morgan fingerprint density at radius 1 is 1.00 bits per heavy atom. The molecule has 138 valence electrons. The Morgan fingerprint density at radius 3 is 2.59 bits per heavy atom. The van der Waals surface area contributed by atoms with Gasteiger partial charge in [0.1, 0.15) is 16.9 Å². The largest absolute Gasteiger partial charge is 0.497 e. The Hall–Kier alpha value is -2.66. The van der Waals surface area contributed by atoms with Gasteiger partial charge in [-0.1, -0.05) is 30.3 Å². The maximum Gasteiger partial charge on any atom is 0.255 e. The molecule has 0 aliphatic carbocycles. The van der Waals surface area contributed by atoms with Crippen molar-refractivity contribution in [1.82, 2.24) is 4.90 Å². The van der Waals surface area contributed by atoms with E-state index < -0.39 is 0 Å². The predicted octanol–water partition coefficient (Wildman–Crippen LogP) is 4.74. The van der Waals surface area contributed by atoms with E-state index in [-0.39, 0.29) is 11.3 Å². The highest BCUT2D eigenvalue weighted by atomic mass is 32.2. The Kier molecular flexibility index (Phi) is 4.94. The van der Waals surface area contributed by atoms with E-state index in [1.54, 1.807) is 26.0 Å². The highest BCUT2D eigenvalue weighted by Gasteiger charge is 2.33. The summed E-state index contributed by atoms with van der Waals surface area (Å²) in [6, 6.07) is 19.8. The number of rotatable bonds is 4. The molecule has 0 radical (unpaired) electrons. The molecule has 0 N–H and O–H groups in total. The van der Waals surface area contributed by atoms with E-state index in [1.807, 2.05) is 59.5 Å². The third-order valence-electron chi connectivity index (χ3n) is 4.85. The average molecular weight is 379 g/mol. The van der Waals surface area contributed by atoms with Crippen molar-refractivity contribution >= 4 is 28.4 Å². The van der Waals surface area contributed by atoms with Gasteiger partial charge in [0.05, 0.1) is 14.2 Å². The molecule has 1 atom stereocenters. The fourth-order valence-corrected chi connectivity index (χ4v) is 4.73. The number of thioether (sulfide) groups is 1. The van der Waals surface area contributed by atoms with Crippen molar-refractivity contribution in [3.8, 4) is 11.5 Å². The van der Waals surface area contributed by atoms with Crippen LogP contribution in [0.15, 0.2) is 60.7 Å². The van der Waals surface area contributed by atoms with E-state index >= 15 is 0 Å². The van der Waals surface area contributed by atoms with Crippen molar-refractivity contribution in [2.75, 3.05) is 26.5 Å². The number of carbonyl (C=O) groups is 1. The van der Waals surface area contributed by atoms with Gasteiger partial charge in [-0.2, -0.15) is 0 Å². The summed E-state index contributed by atoms with van der Waals surface area (Å²) in [4.78, 5) is 15.2. The van der Waals surface area contributed by atoms with E-state index in [9.17, 15) is 4.79 Å². The first-order valence-electron chi connectivity index (χ1n) is 8.84. The molecule has 0 bridgehead atoms. The van der Waals surface area contributed by atoms with Gasteiger partial charge < -0.3 is 14.4 Å². The minimum absolute atomic E-state index is 0.0497. The average Bonchev–Trinajstić information content (AvgIpc) is 3.21. The van der Waals surface area contributed by atoms with Crippen molar-refractivity contribution in [3.63, 3.8) is 0 Å². The molecule has 1 fully saturated rings. The number of benzene rings is 3. The molecule has 0 saturated carbocycles.